The number of urea groups is 1. The number of carbonyl (C=O) groups is 2. The number of ether oxygens (including phenoxy) is 1. The number of aromatic nitrogens is 1. The zero-order valence-corrected chi connectivity index (χ0v) is 19.3. The Kier molecular flexibility index (Phi) is 7.22. The van der Waals surface area contributed by atoms with E-state index < -0.39 is 29.8 Å². The Balaban J connectivity index is 1.46. The van der Waals surface area contributed by atoms with E-state index in [-0.39, 0.29) is 22.8 Å². The van der Waals surface area contributed by atoms with Crippen molar-refractivity contribution in [3.63, 3.8) is 0 Å². The standard InChI is InChI=1S/C23H22F4N4O3S/c1-2-34-16-10-15(11-16)28-20(32)19(23(25,26)27)12-3-8-17-18(9-12)35-22(30-17)31-21(33)29-14-6-4-13(24)5-7-14/h3-9,15-16,19H,2,10-11H2,1H3,(H,28,32)(H2,29,30,31,33). The van der Waals surface area contributed by atoms with Crippen LogP contribution in [0, 0.1) is 5.82 Å². The Labute approximate surface area is 201 Å². The number of nitrogens with zero attached hydrogens (tertiary/aromatic N) is 1. The fraction of sp³-hybridized carbons (Fsp3) is 0.348. The normalized spacial score (nSPS) is 18.5. The molecular weight excluding hydrogens is 488 g/mol. The van der Waals surface area contributed by atoms with E-state index in [4.69, 9.17) is 4.74 Å². The first kappa shape index (κ1) is 24.9. The number of rotatable bonds is 7. The molecule has 1 aliphatic rings. The topological polar surface area (TPSA) is 92.3 Å². The van der Waals surface area contributed by atoms with Gasteiger partial charge < -0.3 is 15.4 Å². The summed E-state index contributed by atoms with van der Waals surface area (Å²) in [6.45, 7) is 2.34. The molecule has 0 saturated heterocycles. The predicted octanol–water partition coefficient (Wildman–Crippen LogP) is 5.41. The minimum atomic E-state index is -4.79. The van der Waals surface area contributed by atoms with Crippen LogP contribution in [0.15, 0.2) is 42.5 Å². The van der Waals surface area contributed by atoms with Gasteiger partial charge >= 0.3 is 12.2 Å². The Hall–Kier alpha value is -3.25. The van der Waals surface area contributed by atoms with Crippen molar-refractivity contribution >= 4 is 44.3 Å². The lowest BCUT2D eigenvalue weighted by molar-refractivity contribution is -0.166. The molecular formula is C23H22F4N4O3S. The van der Waals surface area contributed by atoms with Gasteiger partial charge in [-0.2, -0.15) is 13.2 Å². The van der Waals surface area contributed by atoms with E-state index in [0.29, 0.717) is 35.4 Å². The summed E-state index contributed by atoms with van der Waals surface area (Å²) in [5.41, 5.74) is 0.509. The molecule has 4 rings (SSSR count). The van der Waals surface area contributed by atoms with Crippen molar-refractivity contribution < 1.29 is 31.9 Å². The van der Waals surface area contributed by atoms with Gasteiger partial charge in [-0.15, -0.1) is 0 Å². The van der Waals surface area contributed by atoms with Crippen molar-refractivity contribution in [1.29, 1.82) is 0 Å². The van der Waals surface area contributed by atoms with Gasteiger partial charge in [0.25, 0.3) is 0 Å². The Morgan fingerprint density at radius 1 is 1.14 bits per heavy atom. The zero-order chi connectivity index (χ0) is 25.2. The number of hydrogen-bond donors (Lipinski definition) is 3. The summed E-state index contributed by atoms with van der Waals surface area (Å²) >= 11 is 0.969. The highest BCUT2D eigenvalue weighted by Gasteiger charge is 2.47. The Bertz CT molecular complexity index is 1210. The molecule has 35 heavy (non-hydrogen) atoms. The van der Waals surface area contributed by atoms with Gasteiger partial charge in [0.1, 0.15) is 5.82 Å². The number of benzene rings is 2. The average molecular weight is 511 g/mol. The van der Waals surface area contributed by atoms with Crippen LogP contribution in [0.4, 0.5) is 33.2 Å². The highest BCUT2D eigenvalue weighted by atomic mass is 32.1. The number of amides is 3. The summed E-state index contributed by atoms with van der Waals surface area (Å²) in [5.74, 6) is -3.90. The Morgan fingerprint density at radius 2 is 1.86 bits per heavy atom. The minimum Gasteiger partial charge on any atom is -0.378 e. The molecule has 1 saturated carbocycles. The SMILES string of the molecule is CCOC1CC(NC(=O)C(c2ccc3nc(NC(=O)Nc4ccc(F)cc4)sc3c2)C(F)(F)F)C1. The van der Waals surface area contributed by atoms with Gasteiger partial charge in [0.05, 0.1) is 16.3 Å². The summed E-state index contributed by atoms with van der Waals surface area (Å²) < 4.78 is 60.3. The van der Waals surface area contributed by atoms with Crippen LogP contribution in [-0.4, -0.2) is 41.9 Å². The lowest BCUT2D eigenvalue weighted by Gasteiger charge is -2.36. The molecule has 12 heteroatoms. The van der Waals surface area contributed by atoms with E-state index in [1.807, 2.05) is 6.92 Å². The largest absolute Gasteiger partial charge is 0.404 e. The highest BCUT2D eigenvalue weighted by molar-refractivity contribution is 7.22. The van der Waals surface area contributed by atoms with Crippen LogP contribution >= 0.6 is 11.3 Å². The monoisotopic (exact) mass is 510 g/mol. The first-order valence-corrected chi connectivity index (χ1v) is 11.7. The number of halogens is 4. The number of alkyl halides is 3. The molecule has 7 nitrogen and oxygen atoms in total. The summed E-state index contributed by atoms with van der Waals surface area (Å²) in [6.07, 6.45) is -3.88. The Morgan fingerprint density at radius 3 is 2.51 bits per heavy atom. The molecule has 0 aliphatic heterocycles. The van der Waals surface area contributed by atoms with Crippen molar-refractivity contribution in [2.24, 2.45) is 0 Å². The van der Waals surface area contributed by atoms with E-state index in [9.17, 15) is 27.2 Å². The molecule has 1 unspecified atom stereocenters. The van der Waals surface area contributed by atoms with Crippen molar-refractivity contribution in [3.8, 4) is 0 Å². The molecule has 0 bridgehead atoms. The molecule has 3 N–H and O–H groups in total. The maximum Gasteiger partial charge on any atom is 0.404 e. The number of fused-ring (bicyclic) bond motifs is 1. The maximum absolute atomic E-state index is 13.8. The minimum absolute atomic E-state index is 0.0469. The van der Waals surface area contributed by atoms with Crippen LogP contribution in [-0.2, 0) is 9.53 Å². The van der Waals surface area contributed by atoms with Gasteiger partial charge in [0.15, 0.2) is 11.0 Å². The lowest BCUT2D eigenvalue weighted by Crippen LogP contribution is -2.50. The second-order valence-corrected chi connectivity index (χ2v) is 9.09. The summed E-state index contributed by atoms with van der Waals surface area (Å²) in [7, 11) is 0. The molecule has 1 atom stereocenters. The van der Waals surface area contributed by atoms with Gasteiger partial charge in [-0.05, 0) is 61.7 Å². The van der Waals surface area contributed by atoms with Crippen LogP contribution in [0.2, 0.25) is 0 Å². The molecule has 1 heterocycles. The van der Waals surface area contributed by atoms with Crippen molar-refractivity contribution in [2.45, 2.75) is 44.0 Å². The molecule has 1 aliphatic carbocycles. The van der Waals surface area contributed by atoms with Crippen LogP contribution in [0.25, 0.3) is 10.2 Å². The van der Waals surface area contributed by atoms with Crippen LogP contribution in [0.3, 0.4) is 0 Å². The van der Waals surface area contributed by atoms with E-state index in [1.165, 1.54) is 42.5 Å². The smallest absolute Gasteiger partial charge is 0.378 e. The van der Waals surface area contributed by atoms with Crippen molar-refractivity contribution in [2.75, 3.05) is 17.2 Å². The van der Waals surface area contributed by atoms with Gasteiger partial charge in [-0.25, -0.2) is 14.2 Å². The highest BCUT2D eigenvalue weighted by Crippen LogP contribution is 2.38. The molecule has 0 spiro atoms. The second kappa shape index (κ2) is 10.2. The number of carbonyl (C=O) groups excluding carboxylic acids is 2. The molecule has 1 fully saturated rings. The third kappa shape index (κ3) is 6.06. The van der Waals surface area contributed by atoms with E-state index in [0.717, 1.165) is 11.3 Å². The summed E-state index contributed by atoms with van der Waals surface area (Å²) in [6, 6.07) is 7.98. The van der Waals surface area contributed by atoms with Gasteiger partial charge in [0.2, 0.25) is 5.91 Å². The number of anilines is 2. The van der Waals surface area contributed by atoms with Crippen molar-refractivity contribution in [1.82, 2.24) is 10.3 Å². The average Bonchev–Trinajstić information content (AvgIpc) is 3.14. The first-order valence-electron chi connectivity index (χ1n) is 10.8. The lowest BCUT2D eigenvalue weighted by atomic mass is 9.88. The van der Waals surface area contributed by atoms with Gasteiger partial charge in [-0.1, -0.05) is 17.4 Å². The quantitative estimate of drug-likeness (QED) is 0.371. The summed E-state index contributed by atoms with van der Waals surface area (Å²) in [5, 5.41) is 7.64. The zero-order valence-electron chi connectivity index (χ0n) is 18.5. The third-order valence-corrected chi connectivity index (χ3v) is 6.44. The molecule has 2 aromatic carbocycles. The number of nitrogens with one attached hydrogen (secondary N) is 3. The van der Waals surface area contributed by atoms with E-state index in [1.54, 1.807) is 0 Å². The molecule has 0 radical (unpaired) electrons. The van der Waals surface area contributed by atoms with Crippen LogP contribution < -0.4 is 16.0 Å². The predicted molar refractivity (Wildman–Crippen MR) is 124 cm³/mol. The molecule has 1 aromatic heterocycles. The fourth-order valence-electron chi connectivity index (χ4n) is 3.80. The third-order valence-electron chi connectivity index (χ3n) is 5.50. The van der Waals surface area contributed by atoms with Crippen LogP contribution in [0.1, 0.15) is 31.2 Å². The molecule has 3 amide bonds. The number of thiazole rings is 1. The number of hydrogen-bond acceptors (Lipinski definition) is 5. The molecule has 186 valence electrons. The molecule has 3 aromatic rings. The summed E-state index contributed by atoms with van der Waals surface area (Å²) in [4.78, 5) is 29.0. The van der Waals surface area contributed by atoms with E-state index in [2.05, 4.69) is 20.9 Å². The fourth-order valence-corrected chi connectivity index (χ4v) is 4.71. The van der Waals surface area contributed by atoms with Crippen molar-refractivity contribution in [3.05, 3.63) is 53.8 Å². The second-order valence-electron chi connectivity index (χ2n) is 8.06. The van der Waals surface area contributed by atoms with E-state index >= 15 is 0 Å². The maximum atomic E-state index is 13.8. The first-order chi connectivity index (χ1) is 16.6. The van der Waals surface area contributed by atoms with Gasteiger partial charge in [0, 0.05) is 18.3 Å². The van der Waals surface area contributed by atoms with Gasteiger partial charge in [-0.3, -0.25) is 10.1 Å². The van der Waals surface area contributed by atoms with Crippen LogP contribution in [0.5, 0.6) is 0 Å².